The molecule has 1 aliphatic heterocycles. The van der Waals surface area contributed by atoms with Gasteiger partial charge in [0.25, 0.3) is 11.8 Å². The van der Waals surface area contributed by atoms with E-state index in [1.165, 1.54) is 52.2 Å². The summed E-state index contributed by atoms with van der Waals surface area (Å²) in [5.41, 5.74) is -0.168. The van der Waals surface area contributed by atoms with Crippen molar-refractivity contribution in [2.45, 2.75) is 19.1 Å². The molecule has 1 aliphatic rings. The lowest BCUT2D eigenvalue weighted by molar-refractivity contribution is -0.137. The van der Waals surface area contributed by atoms with E-state index < -0.39 is 29.4 Å². The highest BCUT2D eigenvalue weighted by Crippen LogP contribution is 2.33. The maximum Gasteiger partial charge on any atom is 0.416 e. The molecular formula is C21H16F4N4O2. The molecule has 10 heteroatoms. The highest BCUT2D eigenvalue weighted by Gasteiger charge is 2.36. The predicted octanol–water partition coefficient (Wildman–Crippen LogP) is 4.51. The summed E-state index contributed by atoms with van der Waals surface area (Å²) in [5, 5.41) is 6.72. The Labute approximate surface area is 174 Å². The van der Waals surface area contributed by atoms with Gasteiger partial charge in [-0.25, -0.2) is 4.39 Å². The van der Waals surface area contributed by atoms with E-state index in [1.807, 2.05) is 0 Å². The minimum absolute atomic E-state index is 0.0118. The van der Waals surface area contributed by atoms with Gasteiger partial charge >= 0.3 is 6.18 Å². The quantitative estimate of drug-likeness (QED) is 0.619. The molecule has 3 aromatic rings. The summed E-state index contributed by atoms with van der Waals surface area (Å²) in [7, 11) is 0. The molecule has 160 valence electrons. The molecular weight excluding hydrogens is 416 g/mol. The van der Waals surface area contributed by atoms with Crippen LogP contribution in [0.1, 0.15) is 39.4 Å². The van der Waals surface area contributed by atoms with Gasteiger partial charge in [-0.3, -0.25) is 14.3 Å². The van der Waals surface area contributed by atoms with Crippen LogP contribution in [0.2, 0.25) is 0 Å². The van der Waals surface area contributed by atoms with Crippen molar-refractivity contribution in [3.63, 3.8) is 0 Å². The fourth-order valence-corrected chi connectivity index (χ4v) is 3.41. The average Bonchev–Trinajstić information content (AvgIpc) is 3.18. The zero-order chi connectivity index (χ0) is 22.3. The van der Waals surface area contributed by atoms with E-state index in [0.717, 1.165) is 12.1 Å². The van der Waals surface area contributed by atoms with E-state index in [1.54, 1.807) is 6.92 Å². The van der Waals surface area contributed by atoms with Crippen LogP contribution in [0, 0.1) is 5.82 Å². The Morgan fingerprint density at radius 2 is 1.74 bits per heavy atom. The molecule has 1 unspecified atom stereocenters. The van der Waals surface area contributed by atoms with Gasteiger partial charge in [0.15, 0.2) is 0 Å². The molecule has 6 nitrogen and oxygen atoms in total. The van der Waals surface area contributed by atoms with Crippen molar-refractivity contribution in [1.82, 2.24) is 9.78 Å². The van der Waals surface area contributed by atoms with Crippen LogP contribution in [0.5, 0.6) is 0 Å². The third-order valence-corrected chi connectivity index (χ3v) is 4.96. The Balaban J connectivity index is 1.64. The molecule has 0 radical (unpaired) electrons. The van der Waals surface area contributed by atoms with Gasteiger partial charge in [0.2, 0.25) is 0 Å². The zero-order valence-corrected chi connectivity index (χ0v) is 16.2. The second-order valence-electron chi connectivity index (χ2n) is 7.12. The van der Waals surface area contributed by atoms with Crippen molar-refractivity contribution in [2.24, 2.45) is 0 Å². The van der Waals surface area contributed by atoms with Gasteiger partial charge in [-0.2, -0.15) is 18.3 Å². The van der Waals surface area contributed by atoms with Crippen molar-refractivity contribution in [3.8, 4) is 0 Å². The minimum Gasteiger partial charge on any atom is -0.322 e. The summed E-state index contributed by atoms with van der Waals surface area (Å²) in [5.74, 6) is -1.63. The average molecular weight is 432 g/mol. The van der Waals surface area contributed by atoms with Crippen LogP contribution in [-0.2, 0) is 6.18 Å². The Kier molecular flexibility index (Phi) is 5.00. The van der Waals surface area contributed by atoms with Gasteiger partial charge in [-0.1, -0.05) is 0 Å². The van der Waals surface area contributed by atoms with Crippen LogP contribution in [0.15, 0.2) is 54.7 Å². The molecule has 31 heavy (non-hydrogen) atoms. The van der Waals surface area contributed by atoms with Crippen LogP contribution in [0.3, 0.4) is 0 Å². The molecule has 0 aliphatic carbocycles. The number of nitrogens with zero attached hydrogens (tertiary/aromatic N) is 3. The molecule has 0 saturated heterocycles. The number of anilines is 2. The summed E-state index contributed by atoms with van der Waals surface area (Å²) >= 11 is 0. The molecule has 1 aromatic heterocycles. The third-order valence-electron chi connectivity index (χ3n) is 4.96. The second-order valence-corrected chi connectivity index (χ2v) is 7.12. The van der Waals surface area contributed by atoms with E-state index in [9.17, 15) is 27.2 Å². The lowest BCUT2D eigenvalue weighted by Gasteiger charge is -2.32. The molecule has 1 atom stereocenters. The predicted molar refractivity (Wildman–Crippen MR) is 104 cm³/mol. The van der Waals surface area contributed by atoms with E-state index in [0.29, 0.717) is 5.69 Å². The van der Waals surface area contributed by atoms with Gasteiger partial charge in [0.1, 0.15) is 11.5 Å². The van der Waals surface area contributed by atoms with Crippen molar-refractivity contribution in [1.29, 1.82) is 0 Å². The third kappa shape index (κ3) is 3.88. The van der Waals surface area contributed by atoms with Crippen molar-refractivity contribution in [3.05, 3.63) is 77.4 Å². The Bertz CT molecular complexity index is 1140. The molecule has 2 heterocycles. The largest absolute Gasteiger partial charge is 0.416 e. The first-order chi connectivity index (χ1) is 14.6. The minimum atomic E-state index is -4.48. The fourth-order valence-electron chi connectivity index (χ4n) is 3.41. The second kappa shape index (κ2) is 7.53. The zero-order valence-electron chi connectivity index (χ0n) is 16.2. The van der Waals surface area contributed by atoms with E-state index in [-0.39, 0.29) is 29.5 Å². The lowest BCUT2D eigenvalue weighted by atomic mass is 10.1. The molecule has 2 amide bonds. The number of hydrogen-bond donors (Lipinski definition) is 1. The topological polar surface area (TPSA) is 67.2 Å². The number of halogens is 4. The SMILES string of the molecule is CC1CN(c2ccc(C(F)(F)F)cc2)C(=O)c2c(C(=O)Nc3ccc(F)cc3)cnn21. The van der Waals surface area contributed by atoms with Crippen LogP contribution in [-0.4, -0.2) is 28.1 Å². The Hall–Kier alpha value is -3.69. The molecule has 2 aromatic carbocycles. The first-order valence-corrected chi connectivity index (χ1v) is 9.28. The molecule has 0 saturated carbocycles. The highest BCUT2D eigenvalue weighted by atomic mass is 19.4. The summed E-state index contributed by atoms with van der Waals surface area (Å²) in [4.78, 5) is 27.2. The normalized spacial score (nSPS) is 16.2. The smallest absolute Gasteiger partial charge is 0.322 e. The van der Waals surface area contributed by atoms with Crippen LogP contribution in [0.25, 0.3) is 0 Å². The van der Waals surface area contributed by atoms with Gasteiger partial charge < -0.3 is 10.2 Å². The van der Waals surface area contributed by atoms with Crippen molar-refractivity contribution in [2.75, 3.05) is 16.8 Å². The summed E-state index contributed by atoms with van der Waals surface area (Å²) in [6.07, 6.45) is -3.22. The lowest BCUT2D eigenvalue weighted by Crippen LogP contribution is -2.43. The number of fused-ring (bicyclic) bond motifs is 1. The number of rotatable bonds is 3. The molecule has 0 bridgehead atoms. The van der Waals surface area contributed by atoms with Gasteiger partial charge in [0, 0.05) is 17.9 Å². The first kappa shape index (κ1) is 20.6. The van der Waals surface area contributed by atoms with Gasteiger partial charge in [-0.15, -0.1) is 0 Å². The number of alkyl halides is 3. The summed E-state index contributed by atoms with van der Waals surface area (Å²) in [6, 6.07) is 9.05. The van der Waals surface area contributed by atoms with Crippen LogP contribution < -0.4 is 10.2 Å². The fraction of sp³-hybridized carbons (Fsp3) is 0.190. The van der Waals surface area contributed by atoms with E-state index >= 15 is 0 Å². The highest BCUT2D eigenvalue weighted by molar-refractivity contribution is 6.15. The number of aromatic nitrogens is 2. The number of carbonyl (C=O) groups excluding carboxylic acids is 2. The van der Waals surface area contributed by atoms with Gasteiger partial charge in [0.05, 0.1) is 23.4 Å². The van der Waals surface area contributed by atoms with E-state index in [4.69, 9.17) is 0 Å². The first-order valence-electron chi connectivity index (χ1n) is 9.28. The maximum absolute atomic E-state index is 13.1. The Morgan fingerprint density at radius 3 is 2.35 bits per heavy atom. The number of amides is 2. The monoisotopic (exact) mass is 432 g/mol. The summed E-state index contributed by atoms with van der Waals surface area (Å²) in [6.45, 7) is 1.96. The van der Waals surface area contributed by atoms with Crippen LogP contribution in [0.4, 0.5) is 28.9 Å². The van der Waals surface area contributed by atoms with Crippen molar-refractivity contribution >= 4 is 23.2 Å². The number of nitrogens with one attached hydrogen (secondary N) is 1. The molecule has 1 N–H and O–H groups in total. The Morgan fingerprint density at radius 1 is 1.10 bits per heavy atom. The van der Waals surface area contributed by atoms with Gasteiger partial charge in [-0.05, 0) is 55.5 Å². The van der Waals surface area contributed by atoms with E-state index in [2.05, 4.69) is 10.4 Å². The number of hydrogen-bond acceptors (Lipinski definition) is 3. The standard InChI is InChI=1S/C21H16F4N4O2/c1-12-11-28(16-8-2-13(3-9-16)21(23,24)25)20(31)18-17(10-26-29(12)18)19(30)27-15-6-4-14(22)5-7-15/h2-10,12H,11H2,1H3,(H,27,30). The molecule has 0 spiro atoms. The summed E-state index contributed by atoms with van der Waals surface area (Å²) < 4.78 is 53.0. The molecule has 0 fully saturated rings. The van der Waals surface area contributed by atoms with Crippen molar-refractivity contribution < 1.29 is 27.2 Å². The maximum atomic E-state index is 13.1. The number of benzene rings is 2. The van der Waals surface area contributed by atoms with Crippen LogP contribution >= 0.6 is 0 Å². The molecule has 4 rings (SSSR count). The number of carbonyl (C=O) groups is 2.